The molecule has 0 aliphatic heterocycles. The van der Waals surface area contributed by atoms with E-state index < -0.39 is 25.1 Å². The fourth-order valence-electron chi connectivity index (χ4n) is 1.08. The van der Waals surface area contributed by atoms with E-state index in [-0.39, 0.29) is 13.2 Å². The lowest BCUT2D eigenvalue weighted by atomic mass is 10.2. The number of carbonyl (C=O) groups is 1. The van der Waals surface area contributed by atoms with Crippen molar-refractivity contribution >= 4 is 25.3 Å². The van der Waals surface area contributed by atoms with Crippen molar-refractivity contribution in [2.45, 2.75) is 32.2 Å². The van der Waals surface area contributed by atoms with Crippen molar-refractivity contribution in [1.82, 2.24) is 5.09 Å². The summed E-state index contributed by atoms with van der Waals surface area (Å²) >= 11 is 5.82. The molecule has 0 rings (SSSR count). The zero-order chi connectivity index (χ0) is 13.5. The van der Waals surface area contributed by atoms with Crippen molar-refractivity contribution in [2.75, 3.05) is 20.3 Å². The van der Waals surface area contributed by atoms with Crippen molar-refractivity contribution < 1.29 is 23.1 Å². The van der Waals surface area contributed by atoms with Gasteiger partial charge < -0.3 is 4.74 Å². The number of methoxy groups -OCH3 is 1. The Labute approximate surface area is 107 Å². The Hall–Kier alpha value is -0.130. The molecule has 0 spiro atoms. The molecule has 1 N–H and O–H groups in total. The van der Waals surface area contributed by atoms with Crippen LogP contribution in [0, 0.1) is 0 Å². The largest absolute Gasteiger partial charge is 0.468 e. The van der Waals surface area contributed by atoms with E-state index in [0.29, 0.717) is 0 Å². The molecule has 6 nitrogen and oxygen atoms in total. The summed E-state index contributed by atoms with van der Waals surface area (Å²) in [4.78, 5) is 11.2. The van der Waals surface area contributed by atoms with Crippen LogP contribution in [-0.2, 0) is 23.1 Å². The molecule has 17 heavy (non-hydrogen) atoms. The van der Waals surface area contributed by atoms with E-state index in [0.717, 1.165) is 0 Å². The monoisotopic (exact) mass is 287 g/mol. The average molecular weight is 288 g/mol. The predicted molar refractivity (Wildman–Crippen MR) is 65.1 cm³/mol. The second-order valence-electron chi connectivity index (χ2n) is 3.18. The lowest BCUT2D eigenvalue weighted by Gasteiger charge is -2.23. The van der Waals surface area contributed by atoms with Gasteiger partial charge in [0, 0.05) is 6.04 Å². The van der Waals surface area contributed by atoms with E-state index in [1.54, 1.807) is 20.8 Å². The van der Waals surface area contributed by atoms with Crippen LogP contribution in [0.5, 0.6) is 0 Å². The summed E-state index contributed by atoms with van der Waals surface area (Å²) in [7, 11) is -2.19. The first kappa shape index (κ1) is 16.9. The van der Waals surface area contributed by atoms with Crippen LogP contribution in [0.15, 0.2) is 0 Å². The second kappa shape index (κ2) is 8.06. The molecule has 0 amide bonds. The highest BCUT2D eigenvalue weighted by atomic mass is 35.5. The Morgan fingerprint density at radius 2 is 1.82 bits per heavy atom. The van der Waals surface area contributed by atoms with Gasteiger partial charge in [-0.15, -0.1) is 11.6 Å². The van der Waals surface area contributed by atoms with Crippen molar-refractivity contribution in [2.24, 2.45) is 0 Å². The third kappa shape index (κ3) is 5.84. The zero-order valence-electron chi connectivity index (χ0n) is 10.4. The van der Waals surface area contributed by atoms with Crippen LogP contribution < -0.4 is 5.09 Å². The molecule has 0 heterocycles. The molecule has 0 bridgehead atoms. The van der Waals surface area contributed by atoms with Crippen LogP contribution >= 0.6 is 19.3 Å². The van der Waals surface area contributed by atoms with Crippen molar-refractivity contribution in [3.63, 3.8) is 0 Å². The summed E-state index contributed by atoms with van der Waals surface area (Å²) < 4.78 is 26.6. The van der Waals surface area contributed by atoms with E-state index in [4.69, 9.17) is 20.6 Å². The number of hydrogen-bond acceptors (Lipinski definition) is 5. The van der Waals surface area contributed by atoms with Gasteiger partial charge in [-0.2, -0.15) is 0 Å². The summed E-state index contributed by atoms with van der Waals surface area (Å²) in [5.74, 6) is -0.605. The van der Waals surface area contributed by atoms with Gasteiger partial charge in [0.05, 0.1) is 20.3 Å². The third-order valence-corrected chi connectivity index (χ3v) is 4.30. The quantitative estimate of drug-likeness (QED) is 0.418. The highest BCUT2D eigenvalue weighted by molar-refractivity contribution is 7.51. The van der Waals surface area contributed by atoms with Crippen molar-refractivity contribution in [3.05, 3.63) is 0 Å². The topological polar surface area (TPSA) is 73.9 Å². The standard InChI is InChI=1S/C9H19ClNO5P/c1-5-15-17(13,16-6-2)11-7(3)8(10)9(12)14-4/h7-8H,5-6H2,1-4H3,(H,11,13). The first-order valence-corrected chi connectivity index (χ1v) is 7.26. The van der Waals surface area contributed by atoms with Crippen LogP contribution in [0.4, 0.5) is 0 Å². The average Bonchev–Trinajstić information content (AvgIpc) is 2.27. The summed E-state index contributed by atoms with van der Waals surface area (Å²) in [6.07, 6.45) is 0. The normalized spacial score (nSPS) is 15.4. The van der Waals surface area contributed by atoms with E-state index in [9.17, 15) is 9.36 Å². The number of rotatable bonds is 8. The second-order valence-corrected chi connectivity index (χ2v) is 5.42. The molecular weight excluding hydrogens is 269 g/mol. The van der Waals surface area contributed by atoms with Crippen LogP contribution in [0.3, 0.4) is 0 Å². The number of halogens is 1. The van der Waals surface area contributed by atoms with Gasteiger partial charge in [0.2, 0.25) is 0 Å². The minimum Gasteiger partial charge on any atom is -0.468 e. The highest BCUT2D eigenvalue weighted by Gasteiger charge is 2.32. The van der Waals surface area contributed by atoms with E-state index in [1.807, 2.05) is 0 Å². The number of hydrogen-bond donors (Lipinski definition) is 1. The van der Waals surface area contributed by atoms with Gasteiger partial charge >= 0.3 is 13.7 Å². The van der Waals surface area contributed by atoms with E-state index in [2.05, 4.69) is 9.82 Å². The highest BCUT2D eigenvalue weighted by Crippen LogP contribution is 2.44. The van der Waals surface area contributed by atoms with Gasteiger partial charge in [-0.1, -0.05) is 0 Å². The molecule has 8 heteroatoms. The molecular formula is C9H19ClNO5P. The summed E-state index contributed by atoms with van der Waals surface area (Å²) in [6, 6.07) is -0.604. The maximum Gasteiger partial charge on any atom is 0.405 e. The molecule has 0 aliphatic carbocycles. The summed E-state index contributed by atoms with van der Waals surface area (Å²) in [5, 5.41) is 1.62. The van der Waals surface area contributed by atoms with Crippen molar-refractivity contribution in [1.29, 1.82) is 0 Å². The van der Waals surface area contributed by atoms with Crippen LogP contribution in [0.2, 0.25) is 0 Å². The predicted octanol–water partition coefficient (Wildman–Crippen LogP) is 1.93. The third-order valence-electron chi connectivity index (χ3n) is 1.83. The maximum absolute atomic E-state index is 12.1. The number of alkyl halides is 1. The molecule has 0 radical (unpaired) electrons. The number of esters is 1. The fourth-order valence-corrected chi connectivity index (χ4v) is 2.87. The Morgan fingerprint density at radius 3 is 2.18 bits per heavy atom. The molecule has 0 saturated carbocycles. The Balaban J connectivity index is 4.54. The zero-order valence-corrected chi connectivity index (χ0v) is 12.1. The molecule has 0 aromatic heterocycles. The molecule has 102 valence electrons. The van der Waals surface area contributed by atoms with E-state index in [1.165, 1.54) is 7.11 Å². The van der Waals surface area contributed by atoms with Gasteiger partial charge in [-0.05, 0) is 20.8 Å². The SMILES string of the molecule is CCOP(=O)(NC(C)C(Cl)C(=O)OC)OCC. The van der Waals surface area contributed by atoms with Crippen LogP contribution in [-0.4, -0.2) is 37.7 Å². The molecule has 0 aromatic carbocycles. The van der Waals surface area contributed by atoms with Crippen LogP contribution in [0.1, 0.15) is 20.8 Å². The fraction of sp³-hybridized carbons (Fsp3) is 0.889. The smallest absolute Gasteiger partial charge is 0.405 e. The molecule has 2 unspecified atom stereocenters. The molecule has 2 atom stereocenters. The van der Waals surface area contributed by atoms with Crippen molar-refractivity contribution in [3.8, 4) is 0 Å². The van der Waals surface area contributed by atoms with Crippen LogP contribution in [0.25, 0.3) is 0 Å². The molecule has 0 aromatic rings. The Morgan fingerprint density at radius 1 is 1.35 bits per heavy atom. The first-order valence-electron chi connectivity index (χ1n) is 5.29. The van der Waals surface area contributed by atoms with Gasteiger partial charge in [-0.25, -0.2) is 9.65 Å². The van der Waals surface area contributed by atoms with Gasteiger partial charge in [0.15, 0.2) is 0 Å². The molecule has 0 saturated heterocycles. The summed E-state index contributed by atoms with van der Waals surface area (Å²) in [6.45, 7) is 5.43. The van der Waals surface area contributed by atoms with Gasteiger partial charge in [0.25, 0.3) is 0 Å². The van der Waals surface area contributed by atoms with Gasteiger partial charge in [-0.3, -0.25) is 13.8 Å². The molecule has 0 aliphatic rings. The number of ether oxygens (including phenoxy) is 1. The molecule has 0 fully saturated rings. The van der Waals surface area contributed by atoms with E-state index >= 15 is 0 Å². The number of nitrogens with one attached hydrogen (secondary N) is 1. The lowest BCUT2D eigenvalue weighted by Crippen LogP contribution is -2.38. The Bertz CT molecular complexity index is 279. The minimum absolute atomic E-state index is 0.224. The maximum atomic E-state index is 12.1. The number of carbonyl (C=O) groups excluding carboxylic acids is 1. The minimum atomic E-state index is -3.42. The lowest BCUT2D eigenvalue weighted by molar-refractivity contribution is -0.140. The van der Waals surface area contributed by atoms with Gasteiger partial charge in [0.1, 0.15) is 5.38 Å². The summed E-state index contributed by atoms with van der Waals surface area (Å²) in [5.41, 5.74) is 0. The Kier molecular flexibility index (Phi) is 8.00. The first-order chi connectivity index (χ1) is 7.90.